The van der Waals surface area contributed by atoms with Crippen molar-refractivity contribution in [3.63, 3.8) is 0 Å². The van der Waals surface area contributed by atoms with E-state index in [4.69, 9.17) is 35.4 Å². The molecular formula is C19H17Cl2N5S. The van der Waals surface area contributed by atoms with Crippen molar-refractivity contribution in [2.24, 2.45) is 0 Å². The largest absolute Gasteiger partial charge is 0.343 e. The van der Waals surface area contributed by atoms with Gasteiger partial charge >= 0.3 is 0 Å². The highest BCUT2D eigenvalue weighted by molar-refractivity contribution is 7.71. The molecule has 0 fully saturated rings. The van der Waals surface area contributed by atoms with Crippen molar-refractivity contribution in [1.82, 2.24) is 19.4 Å². The van der Waals surface area contributed by atoms with Gasteiger partial charge in [0.1, 0.15) is 5.82 Å². The summed E-state index contributed by atoms with van der Waals surface area (Å²) in [5.74, 6) is 0.789. The Morgan fingerprint density at radius 3 is 2.70 bits per heavy atom. The molecule has 0 saturated carbocycles. The van der Waals surface area contributed by atoms with Gasteiger partial charge in [-0.05, 0) is 48.5 Å². The van der Waals surface area contributed by atoms with Crippen molar-refractivity contribution in [3.05, 3.63) is 80.4 Å². The van der Waals surface area contributed by atoms with Gasteiger partial charge in [0.05, 0.1) is 6.54 Å². The van der Waals surface area contributed by atoms with Gasteiger partial charge in [-0.15, -0.1) is 0 Å². The molecule has 8 heteroatoms. The summed E-state index contributed by atoms with van der Waals surface area (Å²) < 4.78 is 4.52. The lowest BCUT2D eigenvalue weighted by Gasteiger charge is -2.08. The molecule has 138 valence electrons. The molecule has 0 unspecified atom stereocenters. The van der Waals surface area contributed by atoms with E-state index in [1.54, 1.807) is 10.7 Å². The van der Waals surface area contributed by atoms with Gasteiger partial charge in [0.2, 0.25) is 4.77 Å². The quantitative estimate of drug-likeness (QED) is 0.433. The number of benzene rings is 2. The average molecular weight is 418 g/mol. The van der Waals surface area contributed by atoms with Gasteiger partial charge in [-0.2, -0.15) is 5.10 Å². The number of nitrogens with zero attached hydrogens (tertiary/aromatic N) is 3. The SMILES string of the molecule is Cc1n[nH]c(=S)n1NCc1cn(Cc2ccc(Cl)cc2Cl)c2ccccc12. The molecule has 2 N–H and O–H groups in total. The molecule has 4 aromatic rings. The first kappa shape index (κ1) is 18.1. The van der Waals surface area contributed by atoms with Crippen molar-refractivity contribution < 1.29 is 0 Å². The van der Waals surface area contributed by atoms with Gasteiger partial charge in [0.15, 0.2) is 0 Å². The average Bonchev–Trinajstić information content (AvgIpc) is 3.16. The molecule has 2 aromatic carbocycles. The number of hydrogen-bond acceptors (Lipinski definition) is 3. The van der Waals surface area contributed by atoms with Crippen LogP contribution in [0, 0.1) is 11.7 Å². The fraction of sp³-hybridized carbons (Fsp3) is 0.158. The summed E-state index contributed by atoms with van der Waals surface area (Å²) in [7, 11) is 0. The third-order valence-corrected chi connectivity index (χ3v) is 5.36. The lowest BCUT2D eigenvalue weighted by molar-refractivity contribution is 0.786. The van der Waals surface area contributed by atoms with Crippen LogP contribution in [0.5, 0.6) is 0 Å². The van der Waals surface area contributed by atoms with E-state index in [0.717, 1.165) is 22.5 Å². The molecule has 2 heterocycles. The van der Waals surface area contributed by atoms with Crippen molar-refractivity contribution in [2.45, 2.75) is 20.0 Å². The number of nitrogens with one attached hydrogen (secondary N) is 2. The first-order valence-corrected chi connectivity index (χ1v) is 9.58. The summed E-state index contributed by atoms with van der Waals surface area (Å²) in [5, 5.41) is 9.39. The van der Waals surface area contributed by atoms with Crippen molar-refractivity contribution in [2.75, 3.05) is 5.43 Å². The third-order valence-electron chi connectivity index (χ3n) is 4.49. The monoisotopic (exact) mass is 417 g/mol. The Morgan fingerprint density at radius 1 is 1.15 bits per heavy atom. The Hall–Kier alpha value is -2.28. The molecule has 0 atom stereocenters. The second-order valence-corrected chi connectivity index (χ2v) is 7.51. The topological polar surface area (TPSA) is 50.6 Å². The molecule has 0 amide bonds. The van der Waals surface area contributed by atoms with E-state index in [2.05, 4.69) is 38.5 Å². The normalized spacial score (nSPS) is 11.2. The lowest BCUT2D eigenvalue weighted by atomic mass is 10.2. The molecule has 4 rings (SSSR count). The molecule has 0 bridgehead atoms. The molecule has 0 saturated heterocycles. The van der Waals surface area contributed by atoms with Crippen LogP contribution >= 0.6 is 35.4 Å². The van der Waals surface area contributed by atoms with Crippen LogP contribution in [0.2, 0.25) is 10.0 Å². The fourth-order valence-corrected chi connectivity index (χ4v) is 3.86. The standard InChI is InChI=1S/C19H17Cl2N5S/c1-12-23-24-19(27)26(12)22-9-14-11-25(18-5-3-2-4-16(14)18)10-13-6-7-15(20)8-17(13)21/h2-8,11,22H,9-10H2,1H3,(H,24,27). The molecule has 0 radical (unpaired) electrons. The van der Waals surface area contributed by atoms with Gasteiger partial charge in [-0.1, -0.05) is 47.5 Å². The van der Waals surface area contributed by atoms with E-state index in [1.807, 2.05) is 31.2 Å². The number of aromatic amines is 1. The lowest BCUT2D eigenvalue weighted by Crippen LogP contribution is -2.15. The van der Waals surface area contributed by atoms with Crippen molar-refractivity contribution in [3.8, 4) is 0 Å². The number of halogens is 2. The van der Waals surface area contributed by atoms with Gasteiger partial charge in [0.25, 0.3) is 0 Å². The Balaban J connectivity index is 1.67. The van der Waals surface area contributed by atoms with Crippen LogP contribution in [0.15, 0.2) is 48.7 Å². The number of rotatable bonds is 5. The van der Waals surface area contributed by atoms with Crippen LogP contribution < -0.4 is 5.43 Å². The molecule has 0 aliphatic rings. The van der Waals surface area contributed by atoms with Crippen molar-refractivity contribution >= 4 is 46.3 Å². The van der Waals surface area contributed by atoms with Gasteiger partial charge in [-0.3, -0.25) is 5.10 Å². The minimum Gasteiger partial charge on any atom is -0.343 e. The zero-order valence-corrected chi connectivity index (χ0v) is 16.9. The van der Waals surface area contributed by atoms with Crippen LogP contribution in [0.25, 0.3) is 10.9 Å². The number of aromatic nitrogens is 4. The maximum absolute atomic E-state index is 6.37. The molecule has 27 heavy (non-hydrogen) atoms. The summed E-state index contributed by atoms with van der Waals surface area (Å²) in [6, 6.07) is 13.9. The van der Waals surface area contributed by atoms with Crippen molar-refractivity contribution in [1.29, 1.82) is 0 Å². The number of H-pyrrole nitrogens is 1. The smallest absolute Gasteiger partial charge is 0.214 e. The molecular weight excluding hydrogens is 401 g/mol. The summed E-state index contributed by atoms with van der Waals surface area (Å²) in [4.78, 5) is 0. The molecule has 5 nitrogen and oxygen atoms in total. The highest BCUT2D eigenvalue weighted by Gasteiger charge is 2.11. The van der Waals surface area contributed by atoms with E-state index >= 15 is 0 Å². The van der Waals surface area contributed by atoms with Crippen LogP contribution in [0.4, 0.5) is 0 Å². The maximum atomic E-state index is 6.37. The van der Waals surface area contributed by atoms with Gasteiger partial charge in [0, 0.05) is 33.7 Å². The predicted molar refractivity (Wildman–Crippen MR) is 113 cm³/mol. The fourth-order valence-electron chi connectivity index (χ4n) is 3.15. The number of aryl methyl sites for hydroxylation is 1. The predicted octanol–water partition coefficient (Wildman–Crippen LogP) is 5.30. The van der Waals surface area contributed by atoms with E-state index in [-0.39, 0.29) is 0 Å². The van der Waals surface area contributed by atoms with Crippen LogP contribution in [-0.4, -0.2) is 19.4 Å². The highest BCUT2D eigenvalue weighted by Crippen LogP contribution is 2.26. The summed E-state index contributed by atoms with van der Waals surface area (Å²) in [6.07, 6.45) is 2.14. The molecule has 2 aromatic heterocycles. The number of fused-ring (bicyclic) bond motifs is 1. The summed E-state index contributed by atoms with van der Waals surface area (Å²) in [6.45, 7) is 3.18. The van der Waals surface area contributed by atoms with Crippen LogP contribution in [0.1, 0.15) is 17.0 Å². The first-order chi connectivity index (χ1) is 13.0. The second-order valence-electron chi connectivity index (χ2n) is 6.28. The van der Waals surface area contributed by atoms with Crippen LogP contribution in [-0.2, 0) is 13.1 Å². The summed E-state index contributed by atoms with van der Waals surface area (Å²) in [5.41, 5.74) is 6.66. The van der Waals surface area contributed by atoms with E-state index < -0.39 is 0 Å². The third kappa shape index (κ3) is 3.60. The zero-order chi connectivity index (χ0) is 19.0. The van der Waals surface area contributed by atoms with Gasteiger partial charge in [-0.25, -0.2) is 4.68 Å². The van der Waals surface area contributed by atoms with Crippen LogP contribution in [0.3, 0.4) is 0 Å². The van der Waals surface area contributed by atoms with E-state index in [9.17, 15) is 0 Å². The molecule has 0 aliphatic heterocycles. The number of hydrogen-bond donors (Lipinski definition) is 2. The maximum Gasteiger partial charge on any atom is 0.214 e. The summed E-state index contributed by atoms with van der Waals surface area (Å²) >= 11 is 17.6. The van der Waals surface area contributed by atoms with E-state index in [1.165, 1.54) is 5.39 Å². The first-order valence-electron chi connectivity index (χ1n) is 8.41. The van der Waals surface area contributed by atoms with Gasteiger partial charge < -0.3 is 9.99 Å². The Labute approximate surface area is 171 Å². The Kier molecular flexibility index (Phi) is 4.95. The molecule has 0 aliphatic carbocycles. The zero-order valence-electron chi connectivity index (χ0n) is 14.5. The molecule has 0 spiro atoms. The Bertz CT molecular complexity index is 1170. The minimum absolute atomic E-state index is 0.546. The van der Waals surface area contributed by atoms with E-state index in [0.29, 0.717) is 27.9 Å². The highest BCUT2D eigenvalue weighted by atomic mass is 35.5. The second kappa shape index (κ2) is 7.38. The minimum atomic E-state index is 0.546. The number of para-hydroxylation sites is 1. The Morgan fingerprint density at radius 2 is 1.96 bits per heavy atom.